The molecular formula is C6H11O3P. The highest BCUT2D eigenvalue weighted by Gasteiger charge is 2.23. The van der Waals surface area contributed by atoms with Gasteiger partial charge in [-0.3, -0.25) is 0 Å². The van der Waals surface area contributed by atoms with Gasteiger partial charge in [0.1, 0.15) is 0 Å². The smallest absolute Gasteiger partial charge is 0.338 e. The van der Waals surface area contributed by atoms with E-state index in [4.69, 9.17) is 0 Å². The summed E-state index contributed by atoms with van der Waals surface area (Å²) in [5, 5.41) is 9.18. The number of hydrogen-bond acceptors (Lipinski definition) is 3. The zero-order valence-electron chi connectivity index (χ0n) is 6.05. The van der Waals surface area contributed by atoms with Crippen molar-refractivity contribution in [1.29, 1.82) is 0 Å². The number of hydrogen-bond donors (Lipinski definition) is 1. The minimum Gasteiger partial charge on any atom is -0.448 e. The molecule has 0 aromatic rings. The first-order chi connectivity index (χ1) is 4.39. The Morgan fingerprint density at radius 2 is 2.10 bits per heavy atom. The van der Waals surface area contributed by atoms with E-state index < -0.39 is 11.6 Å². The van der Waals surface area contributed by atoms with Crippen molar-refractivity contribution in [3.05, 3.63) is 12.2 Å². The Balaban J connectivity index is 4.24. The van der Waals surface area contributed by atoms with E-state index in [0.29, 0.717) is 0 Å². The van der Waals surface area contributed by atoms with Crippen LogP contribution in [-0.4, -0.2) is 16.7 Å². The molecule has 0 saturated heterocycles. The van der Waals surface area contributed by atoms with Gasteiger partial charge in [0.2, 0.25) is 0 Å². The molecule has 3 nitrogen and oxygen atoms in total. The second-order valence-electron chi connectivity index (χ2n) is 2.44. The van der Waals surface area contributed by atoms with Gasteiger partial charge in [-0.05, 0) is 13.8 Å². The molecule has 0 aliphatic carbocycles. The Bertz CT molecular complexity index is 157. The molecule has 0 fully saturated rings. The van der Waals surface area contributed by atoms with Crippen molar-refractivity contribution in [2.24, 2.45) is 0 Å². The Hall–Kier alpha value is -0.400. The van der Waals surface area contributed by atoms with Gasteiger partial charge in [-0.15, -0.1) is 0 Å². The molecule has 0 aliphatic heterocycles. The number of aliphatic hydroxyl groups is 1. The quantitative estimate of drug-likeness (QED) is 0.479. The topological polar surface area (TPSA) is 46.5 Å². The number of carbonyl (C=O) groups excluding carboxylic acids is 1. The van der Waals surface area contributed by atoms with Crippen LogP contribution >= 0.6 is 9.47 Å². The van der Waals surface area contributed by atoms with Gasteiger partial charge in [0.15, 0.2) is 0 Å². The molecule has 0 aromatic carbocycles. The molecule has 1 N–H and O–H groups in total. The summed E-state index contributed by atoms with van der Waals surface area (Å²) < 4.78 is 4.26. The predicted octanol–water partition coefficient (Wildman–Crippen LogP) is 0.647. The molecule has 10 heavy (non-hydrogen) atoms. The van der Waals surface area contributed by atoms with Crippen LogP contribution in [0.1, 0.15) is 13.8 Å². The third-order valence-corrected chi connectivity index (χ3v) is 1.31. The summed E-state index contributed by atoms with van der Waals surface area (Å²) in [6.45, 7) is 6.30. The monoisotopic (exact) mass is 162 g/mol. The van der Waals surface area contributed by atoms with Crippen LogP contribution in [0.4, 0.5) is 0 Å². The summed E-state index contributed by atoms with van der Waals surface area (Å²) in [4.78, 5) is 10.7. The highest BCUT2D eigenvalue weighted by Crippen LogP contribution is 2.15. The molecule has 1 atom stereocenters. The van der Waals surface area contributed by atoms with Gasteiger partial charge in [0.25, 0.3) is 0 Å². The largest absolute Gasteiger partial charge is 0.448 e. The molecule has 0 rings (SSSR count). The third-order valence-electron chi connectivity index (χ3n) is 1.09. The Morgan fingerprint density at radius 3 is 2.20 bits per heavy atom. The summed E-state index contributed by atoms with van der Waals surface area (Å²) in [6.07, 6.45) is 0. The summed E-state index contributed by atoms with van der Waals surface area (Å²) >= 11 is 0. The zero-order valence-corrected chi connectivity index (χ0v) is 7.20. The SMILES string of the molecule is C=C(C(=O)OP)C(C)(C)O. The Labute approximate surface area is 62.4 Å². The lowest BCUT2D eigenvalue weighted by Gasteiger charge is -2.17. The van der Waals surface area contributed by atoms with E-state index in [1.54, 1.807) is 9.47 Å². The second kappa shape index (κ2) is 3.13. The maximum atomic E-state index is 10.7. The Morgan fingerprint density at radius 1 is 1.70 bits per heavy atom. The van der Waals surface area contributed by atoms with Crippen molar-refractivity contribution in [3.63, 3.8) is 0 Å². The maximum Gasteiger partial charge on any atom is 0.338 e. The number of rotatable bonds is 2. The van der Waals surface area contributed by atoms with Crippen LogP contribution in [0.3, 0.4) is 0 Å². The highest BCUT2D eigenvalue weighted by atomic mass is 31.0. The average Bonchev–Trinajstić information content (AvgIpc) is 1.83. The molecule has 0 amide bonds. The molecule has 0 aliphatic rings. The second-order valence-corrected chi connectivity index (χ2v) is 2.68. The summed E-state index contributed by atoms with van der Waals surface area (Å²) in [6, 6.07) is 0. The van der Waals surface area contributed by atoms with Crippen molar-refractivity contribution < 1.29 is 14.4 Å². The van der Waals surface area contributed by atoms with Gasteiger partial charge in [-0.1, -0.05) is 6.58 Å². The van der Waals surface area contributed by atoms with Crippen molar-refractivity contribution in [1.82, 2.24) is 0 Å². The van der Waals surface area contributed by atoms with Crippen molar-refractivity contribution in [2.75, 3.05) is 0 Å². The first-order valence-corrected chi connectivity index (χ1v) is 3.19. The van der Waals surface area contributed by atoms with Crippen LogP contribution in [0.15, 0.2) is 12.2 Å². The van der Waals surface area contributed by atoms with Gasteiger partial charge >= 0.3 is 5.97 Å². The fraction of sp³-hybridized carbons (Fsp3) is 0.500. The van der Waals surface area contributed by atoms with Crippen molar-refractivity contribution in [3.8, 4) is 0 Å². The van der Waals surface area contributed by atoms with E-state index in [0.717, 1.165) is 0 Å². The lowest BCUT2D eigenvalue weighted by molar-refractivity contribution is -0.130. The molecule has 1 unspecified atom stereocenters. The minimum atomic E-state index is -1.20. The maximum absolute atomic E-state index is 10.7. The summed E-state index contributed by atoms with van der Waals surface area (Å²) in [7, 11) is 1.80. The standard InChI is InChI=1S/C6H11O3P/c1-4(5(7)9-10)6(2,3)8/h8H,1,10H2,2-3H3. The van der Waals surface area contributed by atoms with Crippen LogP contribution in [0.25, 0.3) is 0 Å². The zero-order chi connectivity index (χ0) is 8.36. The van der Waals surface area contributed by atoms with Crippen molar-refractivity contribution in [2.45, 2.75) is 19.4 Å². The molecule has 0 aromatic heterocycles. The average molecular weight is 162 g/mol. The third kappa shape index (κ3) is 2.46. The van der Waals surface area contributed by atoms with Gasteiger partial charge in [-0.25, -0.2) is 4.79 Å². The molecular weight excluding hydrogens is 151 g/mol. The van der Waals surface area contributed by atoms with E-state index >= 15 is 0 Å². The van der Waals surface area contributed by atoms with Gasteiger partial charge < -0.3 is 9.63 Å². The van der Waals surface area contributed by atoms with Crippen LogP contribution in [0.5, 0.6) is 0 Å². The fourth-order valence-electron chi connectivity index (χ4n) is 0.321. The van der Waals surface area contributed by atoms with Crippen LogP contribution < -0.4 is 0 Å². The highest BCUT2D eigenvalue weighted by molar-refractivity contribution is 7.10. The normalized spacial score (nSPS) is 10.8. The molecule has 0 radical (unpaired) electrons. The lowest BCUT2D eigenvalue weighted by Crippen LogP contribution is -2.26. The molecule has 4 heteroatoms. The van der Waals surface area contributed by atoms with E-state index in [1.807, 2.05) is 0 Å². The van der Waals surface area contributed by atoms with E-state index in [2.05, 4.69) is 11.1 Å². The Kier molecular flexibility index (Phi) is 3.00. The fourth-order valence-corrected chi connectivity index (χ4v) is 0.463. The molecule has 0 spiro atoms. The summed E-state index contributed by atoms with van der Waals surface area (Å²) in [5.74, 6) is -0.613. The first-order valence-electron chi connectivity index (χ1n) is 2.72. The van der Waals surface area contributed by atoms with Crippen molar-refractivity contribution >= 4 is 15.4 Å². The number of carbonyl (C=O) groups is 1. The van der Waals surface area contributed by atoms with Crippen LogP contribution in [0, 0.1) is 0 Å². The first kappa shape index (κ1) is 9.60. The minimum absolute atomic E-state index is 0.0440. The van der Waals surface area contributed by atoms with E-state index in [9.17, 15) is 9.90 Å². The van der Waals surface area contributed by atoms with E-state index in [1.165, 1.54) is 13.8 Å². The van der Waals surface area contributed by atoms with E-state index in [-0.39, 0.29) is 5.57 Å². The van der Waals surface area contributed by atoms with Crippen LogP contribution in [0.2, 0.25) is 0 Å². The lowest BCUT2D eigenvalue weighted by atomic mass is 10.0. The molecule has 0 heterocycles. The van der Waals surface area contributed by atoms with Crippen LogP contribution in [-0.2, 0) is 9.32 Å². The molecule has 0 saturated carbocycles. The molecule has 58 valence electrons. The van der Waals surface area contributed by atoms with Gasteiger partial charge in [0, 0.05) is 0 Å². The molecule has 0 bridgehead atoms. The van der Waals surface area contributed by atoms with Gasteiger partial charge in [0.05, 0.1) is 20.6 Å². The summed E-state index contributed by atoms with van der Waals surface area (Å²) in [5.41, 5.74) is -1.16. The van der Waals surface area contributed by atoms with Gasteiger partial charge in [-0.2, -0.15) is 0 Å². The predicted molar refractivity (Wildman–Crippen MR) is 41.2 cm³/mol.